The van der Waals surface area contributed by atoms with Crippen molar-refractivity contribution in [3.05, 3.63) is 23.8 Å². The first kappa shape index (κ1) is 14.8. The maximum Gasteiger partial charge on any atom is 0.280 e. The lowest BCUT2D eigenvalue weighted by molar-refractivity contribution is -0.109. The van der Waals surface area contributed by atoms with Crippen molar-refractivity contribution in [2.24, 2.45) is 0 Å². The molecule has 1 aromatic carbocycles. The van der Waals surface area contributed by atoms with Gasteiger partial charge < -0.3 is 14.3 Å². The van der Waals surface area contributed by atoms with E-state index in [0.717, 1.165) is 5.56 Å². The Morgan fingerprint density at radius 3 is 2.60 bits per heavy atom. The van der Waals surface area contributed by atoms with Crippen LogP contribution in [0.15, 0.2) is 18.2 Å². The number of benzene rings is 1. The second kappa shape index (κ2) is 5.78. The van der Waals surface area contributed by atoms with Gasteiger partial charge in [0.25, 0.3) is 10.2 Å². The van der Waals surface area contributed by atoms with Crippen molar-refractivity contribution in [1.82, 2.24) is 9.03 Å². The summed E-state index contributed by atoms with van der Waals surface area (Å²) in [5.74, 6) is 1.10. The maximum absolute atomic E-state index is 11.8. The van der Waals surface area contributed by atoms with Gasteiger partial charge in [0, 0.05) is 13.1 Å². The van der Waals surface area contributed by atoms with Gasteiger partial charge in [0.2, 0.25) is 0 Å². The monoisotopic (exact) mass is 300 g/mol. The molecule has 0 aromatic heterocycles. The quantitative estimate of drug-likeness (QED) is 0.769. The number of carbonyl (C=O) groups is 1. The highest BCUT2D eigenvalue weighted by atomic mass is 32.2. The standard InChI is InChI=1S/C12H16N2O5S/c1-18-11-4-3-9(5-12(11)19-2)6-14-7-10(8-15)13-20(14,16)17/h3-5,8,10,13H,6-7H2,1-2H3. The van der Waals surface area contributed by atoms with Crippen LogP contribution in [-0.4, -0.2) is 45.8 Å². The minimum Gasteiger partial charge on any atom is -0.493 e. The second-order valence-corrected chi connectivity index (χ2v) is 6.05. The first-order chi connectivity index (χ1) is 9.50. The average Bonchev–Trinajstić information content (AvgIpc) is 2.73. The zero-order valence-corrected chi connectivity index (χ0v) is 12.0. The molecule has 1 aliphatic heterocycles. The summed E-state index contributed by atoms with van der Waals surface area (Å²) < 4.78 is 37.4. The number of nitrogens with zero attached hydrogens (tertiary/aromatic N) is 1. The van der Waals surface area contributed by atoms with E-state index in [-0.39, 0.29) is 13.1 Å². The Kier molecular flexibility index (Phi) is 4.26. The van der Waals surface area contributed by atoms with Gasteiger partial charge in [0.15, 0.2) is 11.5 Å². The van der Waals surface area contributed by atoms with Crippen LogP contribution in [0.3, 0.4) is 0 Å². The van der Waals surface area contributed by atoms with Gasteiger partial charge >= 0.3 is 0 Å². The van der Waals surface area contributed by atoms with E-state index in [9.17, 15) is 13.2 Å². The van der Waals surface area contributed by atoms with E-state index < -0.39 is 16.3 Å². The number of nitrogens with one attached hydrogen (secondary N) is 1. The van der Waals surface area contributed by atoms with Gasteiger partial charge in [-0.25, -0.2) is 0 Å². The van der Waals surface area contributed by atoms with Crippen molar-refractivity contribution in [3.63, 3.8) is 0 Å². The number of ether oxygens (including phenoxy) is 2. The molecule has 0 bridgehead atoms. The SMILES string of the molecule is COc1ccc(CN2CC(C=O)NS2(=O)=O)cc1OC. The zero-order valence-electron chi connectivity index (χ0n) is 11.2. The van der Waals surface area contributed by atoms with Crippen molar-refractivity contribution >= 4 is 16.5 Å². The molecule has 20 heavy (non-hydrogen) atoms. The first-order valence-corrected chi connectivity index (χ1v) is 7.37. The number of carbonyl (C=O) groups excluding carboxylic acids is 1. The van der Waals surface area contributed by atoms with E-state index >= 15 is 0 Å². The van der Waals surface area contributed by atoms with Crippen molar-refractivity contribution in [1.29, 1.82) is 0 Å². The van der Waals surface area contributed by atoms with E-state index in [1.54, 1.807) is 18.2 Å². The molecule has 1 aromatic rings. The summed E-state index contributed by atoms with van der Waals surface area (Å²) in [5.41, 5.74) is 0.750. The number of rotatable bonds is 5. The molecule has 1 fully saturated rings. The largest absolute Gasteiger partial charge is 0.493 e. The van der Waals surface area contributed by atoms with Gasteiger partial charge in [-0.05, 0) is 17.7 Å². The van der Waals surface area contributed by atoms with E-state index in [2.05, 4.69) is 4.72 Å². The summed E-state index contributed by atoms with van der Waals surface area (Å²) >= 11 is 0. The molecule has 0 aliphatic carbocycles. The Morgan fingerprint density at radius 1 is 1.35 bits per heavy atom. The van der Waals surface area contributed by atoms with Crippen LogP contribution in [-0.2, 0) is 21.5 Å². The molecule has 8 heteroatoms. The van der Waals surface area contributed by atoms with Crippen LogP contribution < -0.4 is 14.2 Å². The highest BCUT2D eigenvalue weighted by molar-refractivity contribution is 7.87. The van der Waals surface area contributed by atoms with Crippen LogP contribution in [0, 0.1) is 0 Å². The molecule has 110 valence electrons. The van der Waals surface area contributed by atoms with Gasteiger partial charge in [-0.3, -0.25) is 0 Å². The molecule has 1 atom stereocenters. The van der Waals surface area contributed by atoms with Crippen molar-refractivity contribution in [2.75, 3.05) is 20.8 Å². The molecule has 7 nitrogen and oxygen atoms in total. The third-order valence-corrected chi connectivity index (χ3v) is 4.57. The van der Waals surface area contributed by atoms with Crippen molar-refractivity contribution in [2.45, 2.75) is 12.6 Å². The Hall–Kier alpha value is -1.64. The third kappa shape index (κ3) is 2.92. The van der Waals surface area contributed by atoms with E-state index in [0.29, 0.717) is 17.8 Å². The van der Waals surface area contributed by atoms with Crippen molar-refractivity contribution < 1.29 is 22.7 Å². The highest BCUT2D eigenvalue weighted by Crippen LogP contribution is 2.28. The summed E-state index contributed by atoms with van der Waals surface area (Å²) in [6.45, 7) is 0.292. The summed E-state index contributed by atoms with van der Waals surface area (Å²) in [7, 11) is -0.561. The summed E-state index contributed by atoms with van der Waals surface area (Å²) in [6.07, 6.45) is 0.589. The van der Waals surface area contributed by atoms with Gasteiger partial charge in [-0.15, -0.1) is 0 Å². The lowest BCUT2D eigenvalue weighted by Crippen LogP contribution is -2.30. The molecule has 1 unspecified atom stereocenters. The highest BCUT2D eigenvalue weighted by Gasteiger charge is 2.34. The van der Waals surface area contributed by atoms with Crippen molar-refractivity contribution in [3.8, 4) is 11.5 Å². The fourth-order valence-corrected chi connectivity index (χ4v) is 3.36. The smallest absolute Gasteiger partial charge is 0.280 e. The van der Waals surface area contributed by atoms with Crippen LogP contribution in [0.25, 0.3) is 0 Å². The minimum atomic E-state index is -3.60. The Bertz CT molecular complexity index is 602. The predicted octanol–water partition coefficient (Wildman–Crippen LogP) is -0.0787. The molecule has 1 aliphatic rings. The van der Waals surface area contributed by atoms with Gasteiger partial charge in [0.1, 0.15) is 6.29 Å². The Labute approximate surface area is 117 Å². The fraction of sp³-hybridized carbons (Fsp3) is 0.417. The van der Waals surface area contributed by atoms with Crippen LogP contribution in [0.2, 0.25) is 0 Å². The van der Waals surface area contributed by atoms with Gasteiger partial charge in [-0.2, -0.15) is 17.4 Å². The Balaban J connectivity index is 2.20. The van der Waals surface area contributed by atoms with Gasteiger partial charge in [-0.1, -0.05) is 6.07 Å². The number of hydrogen-bond acceptors (Lipinski definition) is 5. The average molecular weight is 300 g/mol. The van der Waals surface area contributed by atoms with E-state index in [1.165, 1.54) is 18.5 Å². The fourth-order valence-electron chi connectivity index (χ4n) is 2.02. The molecular weight excluding hydrogens is 284 g/mol. The molecule has 2 rings (SSSR count). The molecule has 0 spiro atoms. The molecule has 1 saturated heterocycles. The molecular formula is C12H16N2O5S. The van der Waals surface area contributed by atoms with Crippen LogP contribution >= 0.6 is 0 Å². The number of hydrogen-bond donors (Lipinski definition) is 1. The van der Waals surface area contributed by atoms with Gasteiger partial charge in [0.05, 0.1) is 20.3 Å². The zero-order chi connectivity index (χ0) is 14.8. The Morgan fingerprint density at radius 2 is 2.05 bits per heavy atom. The maximum atomic E-state index is 11.8. The lowest BCUT2D eigenvalue weighted by Gasteiger charge is -2.15. The second-order valence-electron chi connectivity index (χ2n) is 4.35. The third-order valence-electron chi connectivity index (χ3n) is 3.01. The topological polar surface area (TPSA) is 84.9 Å². The first-order valence-electron chi connectivity index (χ1n) is 5.93. The number of methoxy groups -OCH3 is 2. The number of aldehydes is 1. The van der Waals surface area contributed by atoms with E-state index in [4.69, 9.17) is 9.47 Å². The van der Waals surface area contributed by atoms with Crippen LogP contribution in [0.5, 0.6) is 11.5 Å². The molecule has 0 amide bonds. The predicted molar refractivity (Wildman–Crippen MR) is 71.9 cm³/mol. The summed E-state index contributed by atoms with van der Waals surface area (Å²) in [5, 5.41) is 0. The minimum absolute atomic E-state index is 0.125. The molecule has 0 radical (unpaired) electrons. The normalized spacial score (nSPS) is 21.6. The molecule has 1 N–H and O–H groups in total. The summed E-state index contributed by atoms with van der Waals surface area (Å²) in [6, 6.07) is 4.48. The van der Waals surface area contributed by atoms with Crippen LogP contribution in [0.1, 0.15) is 5.56 Å². The lowest BCUT2D eigenvalue weighted by atomic mass is 10.2. The molecule has 0 saturated carbocycles. The summed E-state index contributed by atoms with van der Waals surface area (Å²) in [4.78, 5) is 10.7. The van der Waals surface area contributed by atoms with Crippen LogP contribution in [0.4, 0.5) is 0 Å². The van der Waals surface area contributed by atoms with E-state index in [1.807, 2.05) is 0 Å². The molecule has 1 heterocycles.